The number of rotatable bonds is 11. The minimum atomic E-state index is -3.16. The Morgan fingerprint density at radius 2 is 1.91 bits per heavy atom. The summed E-state index contributed by atoms with van der Waals surface area (Å²) in [5, 5.41) is 8.65. The number of Topliss-reactive ketones (excluding diaryl/α,β-unsaturated/α-hetero) is 1. The number of carbonyl (C=O) groups excluding carboxylic acids is 3. The molecule has 2 heterocycles. The van der Waals surface area contributed by atoms with Crippen LogP contribution >= 0.6 is 0 Å². The molecule has 2 atom stereocenters. The van der Waals surface area contributed by atoms with Gasteiger partial charge < -0.3 is 24.8 Å². The number of nitrogens with one attached hydrogen (secondary N) is 2. The van der Waals surface area contributed by atoms with E-state index in [2.05, 4.69) is 20.8 Å². The van der Waals surface area contributed by atoms with Crippen molar-refractivity contribution in [1.82, 2.24) is 25.7 Å². The number of amides is 3. The van der Waals surface area contributed by atoms with E-state index in [1.807, 2.05) is 0 Å². The summed E-state index contributed by atoms with van der Waals surface area (Å²) in [7, 11) is 0. The fraction of sp³-hybridized carbons (Fsp3) is 0.773. The second kappa shape index (κ2) is 11.7. The summed E-state index contributed by atoms with van der Waals surface area (Å²) in [6.07, 6.45) is 1.55. The van der Waals surface area contributed by atoms with E-state index in [0.717, 1.165) is 12.8 Å². The normalized spacial score (nSPS) is 18.6. The molecule has 1 saturated heterocycles. The summed E-state index contributed by atoms with van der Waals surface area (Å²) in [5.41, 5.74) is 0. The molecule has 0 spiro atoms. The predicted octanol–water partition coefficient (Wildman–Crippen LogP) is 2.65. The van der Waals surface area contributed by atoms with Gasteiger partial charge in [0.05, 0.1) is 12.6 Å². The quantitative estimate of drug-likeness (QED) is 0.462. The Bertz CT molecular complexity index is 852. The number of carbonyl (C=O) groups is 3. The number of ether oxygens (including phenoxy) is 1. The maximum Gasteiger partial charge on any atom is 0.318 e. The molecule has 2 fully saturated rings. The van der Waals surface area contributed by atoms with Crippen molar-refractivity contribution >= 4 is 17.7 Å². The number of hydrogen-bond donors (Lipinski definition) is 2. The molecular weight excluding hydrogens is 452 g/mol. The fourth-order valence-electron chi connectivity index (χ4n) is 3.78. The summed E-state index contributed by atoms with van der Waals surface area (Å²) < 4.78 is 39.3. The van der Waals surface area contributed by atoms with Crippen LogP contribution in [-0.2, 0) is 9.53 Å². The highest BCUT2D eigenvalue weighted by molar-refractivity contribution is 6.00. The molecule has 34 heavy (non-hydrogen) atoms. The Labute approximate surface area is 197 Å². The zero-order valence-corrected chi connectivity index (χ0v) is 19.6. The Morgan fingerprint density at radius 3 is 2.59 bits per heavy atom. The van der Waals surface area contributed by atoms with Gasteiger partial charge >= 0.3 is 6.03 Å². The van der Waals surface area contributed by atoms with Gasteiger partial charge in [0.25, 0.3) is 5.92 Å². The monoisotopic (exact) mass is 485 g/mol. The molecule has 10 nitrogen and oxygen atoms in total. The topological polar surface area (TPSA) is 127 Å². The number of urea groups is 1. The Morgan fingerprint density at radius 1 is 1.15 bits per heavy atom. The number of alkyl halides is 2. The lowest BCUT2D eigenvalue weighted by Gasteiger charge is -2.28. The van der Waals surface area contributed by atoms with E-state index in [9.17, 15) is 23.2 Å². The van der Waals surface area contributed by atoms with Crippen LogP contribution in [0.15, 0.2) is 4.52 Å². The van der Waals surface area contributed by atoms with Crippen molar-refractivity contribution in [2.75, 3.05) is 26.3 Å². The summed E-state index contributed by atoms with van der Waals surface area (Å²) in [4.78, 5) is 44.1. The van der Waals surface area contributed by atoms with Gasteiger partial charge in [-0.1, -0.05) is 25.4 Å². The van der Waals surface area contributed by atoms with E-state index in [0.29, 0.717) is 38.6 Å². The Balaban J connectivity index is 1.69. The first-order chi connectivity index (χ1) is 16.2. The van der Waals surface area contributed by atoms with Gasteiger partial charge in [-0.15, -0.1) is 0 Å². The molecule has 190 valence electrons. The molecule has 1 aromatic heterocycles. The van der Waals surface area contributed by atoms with Gasteiger partial charge in [-0.05, 0) is 25.7 Å². The highest BCUT2D eigenvalue weighted by Crippen LogP contribution is 2.38. The summed E-state index contributed by atoms with van der Waals surface area (Å²) in [6.45, 7) is 4.80. The van der Waals surface area contributed by atoms with Crippen LogP contribution in [-0.4, -0.2) is 77.1 Å². The molecule has 1 saturated carbocycles. The van der Waals surface area contributed by atoms with Crippen LogP contribution < -0.4 is 10.6 Å². The molecule has 1 unspecified atom stereocenters. The third-order valence-electron chi connectivity index (χ3n) is 5.87. The Kier molecular flexibility index (Phi) is 8.92. The molecule has 2 N–H and O–H groups in total. The van der Waals surface area contributed by atoms with Crippen LogP contribution in [0.1, 0.15) is 81.2 Å². The van der Waals surface area contributed by atoms with E-state index < -0.39 is 48.6 Å². The zero-order valence-electron chi connectivity index (χ0n) is 19.6. The van der Waals surface area contributed by atoms with Crippen LogP contribution in [0, 0.1) is 0 Å². The first-order valence-corrected chi connectivity index (χ1v) is 11.9. The minimum absolute atomic E-state index is 0.157. The zero-order chi connectivity index (χ0) is 24.7. The predicted molar refractivity (Wildman–Crippen MR) is 117 cm³/mol. The van der Waals surface area contributed by atoms with Gasteiger partial charge in [-0.2, -0.15) is 4.98 Å². The molecule has 1 aromatic rings. The van der Waals surface area contributed by atoms with Gasteiger partial charge in [-0.25, -0.2) is 13.6 Å². The van der Waals surface area contributed by atoms with Gasteiger partial charge in [0.15, 0.2) is 0 Å². The lowest BCUT2D eigenvalue weighted by molar-refractivity contribution is -0.126. The molecule has 0 radical (unpaired) electrons. The molecule has 2 aliphatic rings. The maximum atomic E-state index is 14.5. The number of hydrogen-bond acceptors (Lipinski definition) is 7. The largest absolute Gasteiger partial charge is 0.380 e. The standard InChI is InChI=1S/C22H33F2N5O5/c1-3-8-22(23,24)13-16(26-21(32)29-9-5-11-33-12-10-29)19(31)25-15(4-2)17(30)18-27-20(34-28-18)14-6-7-14/h14-16H,3-13H2,1-2H3,(H,25,31)(H,26,32)/t15-,16?/m0/s1. The summed E-state index contributed by atoms with van der Waals surface area (Å²) in [5.74, 6) is -4.20. The van der Waals surface area contributed by atoms with Crippen LogP contribution in [0.4, 0.5) is 13.6 Å². The lowest BCUT2D eigenvalue weighted by atomic mass is 10.0. The van der Waals surface area contributed by atoms with Gasteiger partial charge in [0, 0.05) is 38.5 Å². The average Bonchev–Trinajstić information content (AvgIpc) is 3.58. The Hall–Kier alpha value is -2.63. The van der Waals surface area contributed by atoms with Crippen molar-refractivity contribution in [2.45, 2.75) is 82.7 Å². The molecular formula is C22H33F2N5O5. The number of nitrogens with zero attached hydrogens (tertiary/aromatic N) is 3. The second-order valence-corrected chi connectivity index (χ2v) is 8.83. The van der Waals surface area contributed by atoms with Crippen molar-refractivity contribution in [2.24, 2.45) is 0 Å². The van der Waals surface area contributed by atoms with Crippen LogP contribution in [0.3, 0.4) is 0 Å². The first-order valence-electron chi connectivity index (χ1n) is 11.9. The van der Waals surface area contributed by atoms with Crippen LogP contribution in [0.25, 0.3) is 0 Å². The molecule has 12 heteroatoms. The number of ketones is 1. The third kappa shape index (κ3) is 7.18. The van der Waals surface area contributed by atoms with E-state index >= 15 is 0 Å². The van der Waals surface area contributed by atoms with Gasteiger partial charge in [-0.3, -0.25) is 9.59 Å². The molecule has 0 aromatic carbocycles. The average molecular weight is 486 g/mol. The summed E-state index contributed by atoms with van der Waals surface area (Å²) in [6, 6.07) is -3.18. The van der Waals surface area contributed by atoms with Crippen LogP contribution in [0.2, 0.25) is 0 Å². The smallest absolute Gasteiger partial charge is 0.318 e. The highest BCUT2D eigenvalue weighted by Gasteiger charge is 2.38. The first kappa shape index (κ1) is 26.0. The van der Waals surface area contributed by atoms with Gasteiger partial charge in [0.1, 0.15) is 6.04 Å². The van der Waals surface area contributed by atoms with E-state index in [-0.39, 0.29) is 24.6 Å². The molecule has 0 bridgehead atoms. The lowest BCUT2D eigenvalue weighted by Crippen LogP contribution is -2.55. The summed E-state index contributed by atoms with van der Waals surface area (Å²) >= 11 is 0. The molecule has 1 aliphatic heterocycles. The molecule has 1 aliphatic carbocycles. The van der Waals surface area contributed by atoms with Crippen molar-refractivity contribution in [3.8, 4) is 0 Å². The van der Waals surface area contributed by atoms with Crippen molar-refractivity contribution < 1.29 is 32.4 Å². The van der Waals surface area contributed by atoms with Gasteiger partial charge in [0.2, 0.25) is 23.4 Å². The van der Waals surface area contributed by atoms with Crippen molar-refractivity contribution in [3.05, 3.63) is 11.7 Å². The van der Waals surface area contributed by atoms with E-state index in [4.69, 9.17) is 9.26 Å². The van der Waals surface area contributed by atoms with E-state index in [1.54, 1.807) is 13.8 Å². The van der Waals surface area contributed by atoms with E-state index in [1.165, 1.54) is 4.90 Å². The highest BCUT2D eigenvalue weighted by atomic mass is 19.3. The van der Waals surface area contributed by atoms with Crippen molar-refractivity contribution in [3.63, 3.8) is 0 Å². The third-order valence-corrected chi connectivity index (χ3v) is 5.87. The number of aromatic nitrogens is 2. The fourth-order valence-corrected chi connectivity index (χ4v) is 3.78. The van der Waals surface area contributed by atoms with Crippen LogP contribution in [0.5, 0.6) is 0 Å². The minimum Gasteiger partial charge on any atom is -0.380 e. The molecule has 3 amide bonds. The maximum absolute atomic E-state index is 14.5. The SMILES string of the molecule is CCCC(F)(F)CC(NC(=O)N1CCCOCC1)C(=O)N[C@@H](CC)C(=O)c1noc(C2CC2)n1. The second-order valence-electron chi connectivity index (χ2n) is 8.83. The van der Waals surface area contributed by atoms with Crippen molar-refractivity contribution in [1.29, 1.82) is 0 Å². The number of halogens is 2. The molecule has 3 rings (SSSR count).